The molecule has 3 atom stereocenters. The van der Waals surface area contributed by atoms with Gasteiger partial charge in [0.2, 0.25) is 0 Å². The smallest absolute Gasteiger partial charge is 0.310 e. The summed E-state index contributed by atoms with van der Waals surface area (Å²) < 4.78 is 5.56. The molecule has 2 aliphatic rings. The standard InChI is InChI=1S/C15H24N2O2/c1-12-14(17-10-6-7-11-17)13(19-15(12)18)8-4-2-3-5-9-16/h12-14H,2-8,10-11H2,1H3. The molecule has 2 heterocycles. The van der Waals surface area contributed by atoms with Crippen molar-refractivity contribution < 1.29 is 9.53 Å². The Morgan fingerprint density at radius 2 is 2.05 bits per heavy atom. The summed E-state index contributed by atoms with van der Waals surface area (Å²) in [5.41, 5.74) is 0. The molecular formula is C15H24N2O2. The van der Waals surface area contributed by atoms with E-state index < -0.39 is 0 Å². The fourth-order valence-electron chi connectivity index (χ4n) is 3.33. The summed E-state index contributed by atoms with van der Waals surface area (Å²) in [6, 6.07) is 2.45. The summed E-state index contributed by atoms with van der Waals surface area (Å²) in [6.45, 7) is 4.22. The van der Waals surface area contributed by atoms with Gasteiger partial charge in [0, 0.05) is 6.42 Å². The topological polar surface area (TPSA) is 53.3 Å². The first kappa shape index (κ1) is 14.3. The van der Waals surface area contributed by atoms with Crippen molar-refractivity contribution in [3.8, 4) is 6.07 Å². The Hall–Kier alpha value is -1.08. The van der Waals surface area contributed by atoms with Crippen LogP contribution in [0.5, 0.6) is 0 Å². The monoisotopic (exact) mass is 264 g/mol. The van der Waals surface area contributed by atoms with E-state index in [4.69, 9.17) is 10.00 Å². The van der Waals surface area contributed by atoms with Gasteiger partial charge in [-0.05, 0) is 45.2 Å². The fourth-order valence-corrected chi connectivity index (χ4v) is 3.33. The van der Waals surface area contributed by atoms with Gasteiger partial charge in [0.25, 0.3) is 0 Å². The number of hydrogen-bond acceptors (Lipinski definition) is 4. The zero-order chi connectivity index (χ0) is 13.7. The van der Waals surface area contributed by atoms with Crippen LogP contribution < -0.4 is 0 Å². The second-order valence-corrected chi connectivity index (χ2v) is 5.76. The highest BCUT2D eigenvalue weighted by atomic mass is 16.6. The molecule has 0 aliphatic carbocycles. The number of cyclic esters (lactones) is 1. The van der Waals surface area contributed by atoms with Crippen molar-refractivity contribution in [2.24, 2.45) is 5.92 Å². The minimum absolute atomic E-state index is 0.0159. The Labute approximate surface area is 115 Å². The molecule has 0 radical (unpaired) electrons. The van der Waals surface area contributed by atoms with E-state index in [0.29, 0.717) is 6.42 Å². The van der Waals surface area contributed by atoms with Gasteiger partial charge < -0.3 is 4.74 Å². The molecule has 4 heteroatoms. The van der Waals surface area contributed by atoms with Crippen LogP contribution in [0.25, 0.3) is 0 Å². The van der Waals surface area contributed by atoms with Crippen molar-refractivity contribution in [1.29, 1.82) is 5.26 Å². The summed E-state index contributed by atoms with van der Waals surface area (Å²) in [5.74, 6) is -0.0128. The molecule has 0 aromatic heterocycles. The molecule has 0 aromatic rings. The molecule has 2 fully saturated rings. The lowest BCUT2D eigenvalue weighted by molar-refractivity contribution is -0.144. The second-order valence-electron chi connectivity index (χ2n) is 5.76. The zero-order valence-electron chi connectivity index (χ0n) is 11.8. The Morgan fingerprint density at radius 1 is 1.32 bits per heavy atom. The number of carbonyl (C=O) groups excluding carboxylic acids is 1. The highest BCUT2D eigenvalue weighted by molar-refractivity contribution is 5.75. The Bertz CT molecular complexity index is 345. The van der Waals surface area contributed by atoms with Crippen LogP contribution in [0.1, 0.15) is 51.9 Å². The van der Waals surface area contributed by atoms with E-state index in [1.807, 2.05) is 6.92 Å². The minimum atomic E-state index is -0.0288. The van der Waals surface area contributed by atoms with Gasteiger partial charge in [0.1, 0.15) is 6.10 Å². The summed E-state index contributed by atoms with van der Waals surface area (Å²) >= 11 is 0. The first-order chi connectivity index (χ1) is 9.24. The van der Waals surface area contributed by atoms with Gasteiger partial charge in [0.15, 0.2) is 0 Å². The van der Waals surface area contributed by atoms with Gasteiger partial charge in [0.05, 0.1) is 18.0 Å². The number of nitrogens with zero attached hydrogens (tertiary/aromatic N) is 2. The average Bonchev–Trinajstić information content (AvgIpc) is 2.99. The van der Waals surface area contributed by atoms with E-state index in [2.05, 4.69) is 11.0 Å². The Balaban J connectivity index is 1.83. The maximum Gasteiger partial charge on any atom is 0.310 e. The SMILES string of the molecule is CC1C(=O)OC(CCCCCC#N)C1N1CCCC1. The lowest BCUT2D eigenvalue weighted by atomic mass is 9.95. The highest BCUT2D eigenvalue weighted by Crippen LogP contribution is 2.31. The van der Waals surface area contributed by atoms with Crippen molar-refractivity contribution in [1.82, 2.24) is 4.90 Å². The van der Waals surface area contributed by atoms with Crippen LogP contribution in [0.4, 0.5) is 0 Å². The van der Waals surface area contributed by atoms with Crippen molar-refractivity contribution in [3.05, 3.63) is 0 Å². The van der Waals surface area contributed by atoms with Gasteiger partial charge in [-0.3, -0.25) is 9.69 Å². The molecule has 2 aliphatic heterocycles. The molecule has 0 amide bonds. The predicted octanol–water partition coefficient (Wildman–Crippen LogP) is 2.49. The van der Waals surface area contributed by atoms with E-state index in [1.54, 1.807) is 0 Å². The third kappa shape index (κ3) is 3.48. The maximum atomic E-state index is 11.8. The molecular weight excluding hydrogens is 240 g/mol. The third-order valence-corrected chi connectivity index (χ3v) is 4.37. The summed E-state index contributed by atoms with van der Waals surface area (Å²) in [6.07, 6.45) is 7.21. The molecule has 19 heavy (non-hydrogen) atoms. The first-order valence-corrected chi connectivity index (χ1v) is 7.55. The van der Waals surface area contributed by atoms with Crippen molar-refractivity contribution >= 4 is 5.97 Å². The lowest BCUT2D eigenvalue weighted by Crippen LogP contribution is -2.42. The van der Waals surface area contributed by atoms with E-state index in [0.717, 1.165) is 38.8 Å². The number of ether oxygens (including phenoxy) is 1. The first-order valence-electron chi connectivity index (χ1n) is 7.55. The quantitative estimate of drug-likeness (QED) is 0.546. The van der Waals surface area contributed by atoms with Crippen molar-refractivity contribution in [2.45, 2.75) is 64.0 Å². The molecule has 0 saturated carbocycles. The van der Waals surface area contributed by atoms with E-state index in [1.165, 1.54) is 12.8 Å². The molecule has 0 N–H and O–H groups in total. The van der Waals surface area contributed by atoms with Crippen molar-refractivity contribution in [3.63, 3.8) is 0 Å². The lowest BCUT2D eigenvalue weighted by Gasteiger charge is -2.29. The van der Waals surface area contributed by atoms with E-state index in [-0.39, 0.29) is 24.0 Å². The molecule has 4 nitrogen and oxygen atoms in total. The number of likely N-dealkylation sites (tertiary alicyclic amines) is 1. The van der Waals surface area contributed by atoms with Crippen LogP contribution >= 0.6 is 0 Å². The van der Waals surface area contributed by atoms with Crippen LogP contribution in [0.3, 0.4) is 0 Å². The molecule has 106 valence electrons. The van der Waals surface area contributed by atoms with Crippen LogP contribution in [0, 0.1) is 17.2 Å². The van der Waals surface area contributed by atoms with E-state index in [9.17, 15) is 4.79 Å². The van der Waals surface area contributed by atoms with Gasteiger partial charge in [-0.15, -0.1) is 0 Å². The van der Waals surface area contributed by atoms with Gasteiger partial charge >= 0.3 is 5.97 Å². The van der Waals surface area contributed by atoms with Gasteiger partial charge in [-0.25, -0.2) is 0 Å². The normalized spacial score (nSPS) is 31.4. The largest absolute Gasteiger partial charge is 0.460 e. The minimum Gasteiger partial charge on any atom is -0.460 e. The maximum absolute atomic E-state index is 11.8. The highest BCUT2D eigenvalue weighted by Gasteiger charge is 2.44. The third-order valence-electron chi connectivity index (χ3n) is 4.37. The summed E-state index contributed by atoms with van der Waals surface area (Å²) in [4.78, 5) is 14.2. The Morgan fingerprint density at radius 3 is 2.74 bits per heavy atom. The number of carbonyl (C=O) groups is 1. The number of hydrogen-bond donors (Lipinski definition) is 0. The number of esters is 1. The van der Waals surface area contributed by atoms with Crippen LogP contribution in [0.2, 0.25) is 0 Å². The van der Waals surface area contributed by atoms with Crippen molar-refractivity contribution in [2.75, 3.05) is 13.1 Å². The zero-order valence-corrected chi connectivity index (χ0v) is 11.8. The van der Waals surface area contributed by atoms with Crippen LogP contribution in [-0.2, 0) is 9.53 Å². The van der Waals surface area contributed by atoms with Crippen LogP contribution in [0.15, 0.2) is 0 Å². The van der Waals surface area contributed by atoms with Crippen LogP contribution in [-0.4, -0.2) is 36.1 Å². The van der Waals surface area contributed by atoms with Gasteiger partial charge in [-0.2, -0.15) is 5.26 Å². The Kier molecular flexibility index (Phi) is 5.21. The van der Waals surface area contributed by atoms with E-state index >= 15 is 0 Å². The molecule has 0 aromatic carbocycles. The molecule has 2 rings (SSSR count). The number of nitriles is 1. The molecule has 0 bridgehead atoms. The molecule has 2 saturated heterocycles. The molecule has 3 unspecified atom stereocenters. The summed E-state index contributed by atoms with van der Waals surface area (Å²) in [5, 5.41) is 8.51. The second kappa shape index (κ2) is 6.91. The average molecular weight is 264 g/mol. The number of unbranched alkanes of at least 4 members (excludes halogenated alkanes) is 3. The predicted molar refractivity (Wildman–Crippen MR) is 72.3 cm³/mol. The van der Waals surface area contributed by atoms with Gasteiger partial charge in [-0.1, -0.05) is 13.3 Å². The molecule has 0 spiro atoms. The summed E-state index contributed by atoms with van der Waals surface area (Å²) in [7, 11) is 0. The fraction of sp³-hybridized carbons (Fsp3) is 0.867. The number of rotatable bonds is 6.